The molecule has 0 aromatic rings. The number of rotatable bonds is 3. The zero-order valence-corrected chi connectivity index (χ0v) is 12.8. The van der Waals surface area contributed by atoms with Crippen molar-refractivity contribution in [3.05, 3.63) is 0 Å². The quantitative estimate of drug-likeness (QED) is 0.783. The lowest BCUT2D eigenvalue weighted by molar-refractivity contribution is -0.137. The van der Waals surface area contributed by atoms with Crippen molar-refractivity contribution >= 4 is 5.78 Å². The third-order valence-electron chi connectivity index (χ3n) is 6.76. The molecule has 4 saturated carbocycles. The first-order valence-corrected chi connectivity index (χ1v) is 8.99. The molecule has 2 atom stereocenters. The van der Waals surface area contributed by atoms with Crippen LogP contribution >= 0.6 is 0 Å². The molecule has 4 bridgehead atoms. The molecule has 0 N–H and O–H groups in total. The third kappa shape index (κ3) is 2.34. The molecule has 5 fully saturated rings. The largest absolute Gasteiger partial charge is 0.298 e. The van der Waals surface area contributed by atoms with Crippen molar-refractivity contribution < 1.29 is 4.79 Å². The van der Waals surface area contributed by atoms with Crippen LogP contribution in [-0.2, 0) is 4.79 Å². The minimum Gasteiger partial charge on any atom is -0.298 e. The molecule has 4 aliphatic carbocycles. The van der Waals surface area contributed by atoms with E-state index in [2.05, 4.69) is 4.90 Å². The topological polar surface area (TPSA) is 20.3 Å². The van der Waals surface area contributed by atoms with Gasteiger partial charge in [0.2, 0.25) is 0 Å². The summed E-state index contributed by atoms with van der Waals surface area (Å²) < 4.78 is 0. The molecule has 1 heterocycles. The number of likely N-dealkylation sites (tertiary alicyclic amines) is 1. The van der Waals surface area contributed by atoms with Gasteiger partial charge in [0, 0.05) is 5.41 Å². The van der Waals surface area contributed by atoms with Gasteiger partial charge in [-0.2, -0.15) is 0 Å². The third-order valence-corrected chi connectivity index (χ3v) is 6.76. The van der Waals surface area contributed by atoms with E-state index in [1.165, 1.54) is 64.2 Å². The Hall–Kier alpha value is -0.370. The van der Waals surface area contributed by atoms with Crippen molar-refractivity contribution in [3.8, 4) is 0 Å². The monoisotopic (exact) mass is 275 g/mol. The Morgan fingerprint density at radius 3 is 2.15 bits per heavy atom. The summed E-state index contributed by atoms with van der Waals surface area (Å²) in [5, 5.41) is 0. The van der Waals surface area contributed by atoms with E-state index in [9.17, 15) is 4.79 Å². The zero-order chi connectivity index (χ0) is 13.6. The van der Waals surface area contributed by atoms with Gasteiger partial charge in [-0.25, -0.2) is 0 Å². The van der Waals surface area contributed by atoms with E-state index >= 15 is 0 Å². The average Bonchev–Trinajstić information content (AvgIpc) is 2.66. The van der Waals surface area contributed by atoms with Crippen molar-refractivity contribution in [2.45, 2.75) is 64.2 Å². The highest BCUT2D eigenvalue weighted by molar-refractivity contribution is 5.87. The first-order valence-electron chi connectivity index (χ1n) is 8.99. The van der Waals surface area contributed by atoms with Gasteiger partial charge in [-0.3, -0.25) is 9.69 Å². The molecule has 2 heteroatoms. The zero-order valence-electron chi connectivity index (χ0n) is 12.8. The second-order valence-electron chi connectivity index (χ2n) is 8.30. The van der Waals surface area contributed by atoms with Gasteiger partial charge >= 0.3 is 0 Å². The Morgan fingerprint density at radius 1 is 0.900 bits per heavy atom. The van der Waals surface area contributed by atoms with Crippen molar-refractivity contribution in [2.75, 3.05) is 19.6 Å². The fourth-order valence-corrected chi connectivity index (χ4v) is 6.02. The van der Waals surface area contributed by atoms with Gasteiger partial charge in [-0.1, -0.05) is 19.3 Å². The van der Waals surface area contributed by atoms with Crippen LogP contribution in [0.3, 0.4) is 0 Å². The van der Waals surface area contributed by atoms with Crippen LogP contribution in [0.15, 0.2) is 0 Å². The Morgan fingerprint density at radius 2 is 1.50 bits per heavy atom. The van der Waals surface area contributed by atoms with Crippen LogP contribution in [0.4, 0.5) is 0 Å². The molecule has 20 heavy (non-hydrogen) atoms. The summed E-state index contributed by atoms with van der Waals surface area (Å²) in [7, 11) is 0. The molecule has 0 radical (unpaired) electrons. The number of Topliss-reactive ketones (excluding diaryl/α,β-unsaturated/α-hetero) is 1. The molecular weight excluding hydrogens is 246 g/mol. The highest BCUT2D eigenvalue weighted by Crippen LogP contribution is 2.58. The van der Waals surface area contributed by atoms with Gasteiger partial charge in [-0.05, 0) is 75.8 Å². The van der Waals surface area contributed by atoms with E-state index in [-0.39, 0.29) is 5.41 Å². The smallest absolute Gasteiger partial charge is 0.152 e. The average molecular weight is 275 g/mol. The van der Waals surface area contributed by atoms with Gasteiger partial charge < -0.3 is 0 Å². The maximum Gasteiger partial charge on any atom is 0.152 e. The van der Waals surface area contributed by atoms with E-state index in [1.807, 2.05) is 0 Å². The molecule has 2 nitrogen and oxygen atoms in total. The standard InChI is InChI=1S/C18H29NO/c20-17(13-19-6-2-1-3-7-19)18-10-14-4-5-15(11-18)9-16(8-14)12-18/h14-16H,1-13H2/t14-,15-,16?,18?/m0/s1. The molecule has 0 amide bonds. The predicted octanol–water partition coefficient (Wildman–Crippen LogP) is 3.65. The molecule has 1 saturated heterocycles. The molecule has 0 aromatic heterocycles. The Labute approximate surface area is 123 Å². The van der Waals surface area contributed by atoms with Gasteiger partial charge in [0.1, 0.15) is 0 Å². The van der Waals surface area contributed by atoms with E-state index in [0.29, 0.717) is 5.78 Å². The van der Waals surface area contributed by atoms with Crippen LogP contribution < -0.4 is 0 Å². The second kappa shape index (κ2) is 5.12. The minimum atomic E-state index is 0.116. The molecule has 1 aliphatic heterocycles. The first kappa shape index (κ1) is 13.3. The summed E-state index contributed by atoms with van der Waals surface area (Å²) in [6.45, 7) is 3.10. The highest BCUT2D eigenvalue weighted by Gasteiger charge is 2.52. The normalized spacial score (nSPS) is 44.5. The van der Waals surface area contributed by atoms with Crippen LogP contribution in [0.1, 0.15) is 64.2 Å². The Bertz CT molecular complexity index is 369. The molecule has 5 aliphatic rings. The van der Waals surface area contributed by atoms with Crippen molar-refractivity contribution in [3.63, 3.8) is 0 Å². The van der Waals surface area contributed by atoms with Crippen LogP contribution in [0.5, 0.6) is 0 Å². The van der Waals surface area contributed by atoms with Gasteiger partial charge in [0.15, 0.2) is 5.78 Å². The summed E-state index contributed by atoms with van der Waals surface area (Å²) in [4.78, 5) is 15.5. The summed E-state index contributed by atoms with van der Waals surface area (Å²) in [5.74, 6) is 3.28. The van der Waals surface area contributed by atoms with Crippen LogP contribution in [0.2, 0.25) is 0 Å². The number of carbonyl (C=O) groups is 1. The number of nitrogens with zero attached hydrogens (tertiary/aromatic N) is 1. The lowest BCUT2D eigenvalue weighted by atomic mass is 9.57. The summed E-state index contributed by atoms with van der Waals surface area (Å²) >= 11 is 0. The van der Waals surface area contributed by atoms with E-state index in [1.54, 1.807) is 0 Å². The predicted molar refractivity (Wildman–Crippen MR) is 80.5 cm³/mol. The molecule has 0 spiro atoms. The summed E-state index contributed by atoms with van der Waals surface area (Å²) in [5.41, 5.74) is 0.116. The maximum atomic E-state index is 13.1. The molecular formula is C18H29NO. The SMILES string of the molecule is O=C(CN1CCCCC1)C12CC3C[C@H](CC[C@@H](C3)C1)C2. The number of carbonyl (C=O) groups excluding carboxylic acids is 1. The molecule has 5 rings (SSSR count). The van der Waals surface area contributed by atoms with Crippen molar-refractivity contribution in [2.24, 2.45) is 23.2 Å². The lowest BCUT2D eigenvalue weighted by Crippen LogP contribution is -2.48. The molecule has 0 unspecified atom stereocenters. The van der Waals surface area contributed by atoms with E-state index < -0.39 is 0 Å². The fourth-order valence-electron chi connectivity index (χ4n) is 6.02. The van der Waals surface area contributed by atoms with Crippen LogP contribution in [-0.4, -0.2) is 30.3 Å². The van der Waals surface area contributed by atoms with Crippen molar-refractivity contribution in [1.82, 2.24) is 4.90 Å². The van der Waals surface area contributed by atoms with Gasteiger partial charge in [0.25, 0.3) is 0 Å². The highest BCUT2D eigenvalue weighted by atomic mass is 16.1. The van der Waals surface area contributed by atoms with Crippen molar-refractivity contribution in [1.29, 1.82) is 0 Å². The van der Waals surface area contributed by atoms with E-state index in [0.717, 1.165) is 37.4 Å². The minimum absolute atomic E-state index is 0.116. The Kier molecular flexibility index (Phi) is 3.41. The fraction of sp³-hybridized carbons (Fsp3) is 0.944. The first-order chi connectivity index (χ1) is 9.73. The van der Waals surface area contributed by atoms with E-state index in [4.69, 9.17) is 0 Å². The second-order valence-corrected chi connectivity index (χ2v) is 8.30. The van der Waals surface area contributed by atoms with Crippen LogP contribution in [0, 0.1) is 23.2 Å². The molecule has 0 aromatic carbocycles. The molecule has 112 valence electrons. The summed E-state index contributed by atoms with van der Waals surface area (Å²) in [6.07, 6.45) is 13.4. The number of ketones is 1. The number of fused-ring (bicyclic) bond motifs is 1. The lowest BCUT2D eigenvalue weighted by Gasteiger charge is -2.48. The maximum absolute atomic E-state index is 13.1. The van der Waals surface area contributed by atoms with Crippen LogP contribution in [0.25, 0.3) is 0 Å². The number of hydrogen-bond donors (Lipinski definition) is 0. The van der Waals surface area contributed by atoms with Gasteiger partial charge in [0.05, 0.1) is 6.54 Å². The number of hydrogen-bond acceptors (Lipinski definition) is 2. The van der Waals surface area contributed by atoms with Gasteiger partial charge in [-0.15, -0.1) is 0 Å². The number of piperidine rings is 1. The Balaban J connectivity index is 1.49. The summed E-state index contributed by atoms with van der Waals surface area (Å²) in [6, 6.07) is 0.